The number of nitrogens with one attached hydrogen (secondary N) is 1. The maximum absolute atomic E-state index is 13.2. The van der Waals surface area contributed by atoms with Gasteiger partial charge in [-0.2, -0.15) is 13.2 Å². The molecule has 1 fully saturated rings. The highest BCUT2D eigenvalue weighted by molar-refractivity contribution is 6.34. The number of ketones is 2. The molecule has 0 radical (unpaired) electrons. The van der Waals surface area contributed by atoms with Crippen molar-refractivity contribution in [1.29, 1.82) is 0 Å². The Morgan fingerprint density at radius 1 is 1.02 bits per heavy atom. The molecule has 11 heteroatoms. The topological polar surface area (TPSA) is 72.5 Å². The summed E-state index contributed by atoms with van der Waals surface area (Å²) in [5.74, 6) is -1.37. The highest BCUT2D eigenvalue weighted by Crippen LogP contribution is 2.39. The van der Waals surface area contributed by atoms with Gasteiger partial charge < -0.3 is 10.1 Å². The smallest absolute Gasteiger partial charge is 0.400 e. The number of aryl methyl sites for hydroxylation is 1. The van der Waals surface area contributed by atoms with E-state index >= 15 is 0 Å². The molecule has 0 spiro atoms. The van der Waals surface area contributed by atoms with Crippen molar-refractivity contribution in [2.24, 2.45) is 11.3 Å². The second kappa shape index (κ2) is 13.1. The van der Waals surface area contributed by atoms with Crippen LogP contribution in [0.2, 0.25) is 5.02 Å². The van der Waals surface area contributed by atoms with E-state index in [0.717, 1.165) is 33.1 Å². The van der Waals surface area contributed by atoms with Crippen LogP contribution >= 0.6 is 11.6 Å². The molecule has 0 aliphatic heterocycles. The van der Waals surface area contributed by atoms with Crippen LogP contribution in [0.4, 0.5) is 22.0 Å². The van der Waals surface area contributed by atoms with E-state index in [1.54, 1.807) is 0 Å². The number of rotatable bonds is 14. The summed E-state index contributed by atoms with van der Waals surface area (Å²) in [5, 5.41) is 2.88. The molecule has 2 aromatic rings. The van der Waals surface area contributed by atoms with Crippen molar-refractivity contribution in [2.45, 2.75) is 65.0 Å². The Labute approximate surface area is 234 Å². The minimum Gasteiger partial charge on any atom is -0.487 e. The largest absolute Gasteiger partial charge is 0.487 e. The molecule has 1 aliphatic carbocycles. The number of hydrogen-bond donors (Lipinski definition) is 1. The van der Waals surface area contributed by atoms with Gasteiger partial charge in [-0.3, -0.25) is 14.4 Å². The molecule has 0 unspecified atom stereocenters. The number of Topliss-reactive ketones (excluding diaryl/α,β-unsaturated/α-hetero) is 2. The van der Waals surface area contributed by atoms with Gasteiger partial charge in [0.25, 0.3) is 12.3 Å². The molecular formula is C29H31ClF5NO4. The Bertz CT molecular complexity index is 1240. The molecule has 0 aromatic heterocycles. The first-order valence-electron chi connectivity index (χ1n) is 12.9. The number of halogens is 6. The molecule has 5 nitrogen and oxygen atoms in total. The second-order valence-corrected chi connectivity index (χ2v) is 10.9. The van der Waals surface area contributed by atoms with Crippen molar-refractivity contribution < 1.29 is 41.1 Å². The van der Waals surface area contributed by atoms with Gasteiger partial charge in [0.15, 0.2) is 5.78 Å². The fraction of sp³-hybridized carbons (Fsp3) is 0.483. The normalized spacial score (nSPS) is 13.8. The van der Waals surface area contributed by atoms with Crippen LogP contribution in [0, 0.1) is 11.3 Å². The van der Waals surface area contributed by atoms with Crippen LogP contribution in [0.25, 0.3) is 0 Å². The van der Waals surface area contributed by atoms with Crippen molar-refractivity contribution >= 4 is 29.1 Å². The van der Waals surface area contributed by atoms with E-state index in [-0.39, 0.29) is 41.2 Å². The standard InChI is InChI=1S/C29H31ClF5NO4/c1-28(2,29(33,34)35)25(38)10-7-18-5-8-22(30)20(13-18)23(37)15-19-6-9-24(40-16-26(31)32)21(14-19)27(39)36-12-11-17-3-4-17/h5-6,8-9,13-14,17,26H,3-4,7,10-12,15-16H2,1-2H3,(H,36,39). The molecule has 1 amide bonds. The van der Waals surface area contributed by atoms with Gasteiger partial charge in [0.1, 0.15) is 23.6 Å². The number of alkyl halides is 5. The van der Waals surface area contributed by atoms with Crippen molar-refractivity contribution in [1.82, 2.24) is 5.32 Å². The average Bonchev–Trinajstić information content (AvgIpc) is 3.70. The fourth-order valence-electron chi connectivity index (χ4n) is 3.99. The van der Waals surface area contributed by atoms with Crippen molar-refractivity contribution in [3.05, 3.63) is 63.7 Å². The zero-order valence-corrected chi connectivity index (χ0v) is 22.9. The first-order chi connectivity index (χ1) is 18.7. The molecule has 0 bridgehead atoms. The third-order valence-electron chi connectivity index (χ3n) is 6.93. The number of amides is 1. The summed E-state index contributed by atoms with van der Waals surface area (Å²) in [5.41, 5.74) is -1.50. The van der Waals surface area contributed by atoms with Crippen LogP contribution in [-0.2, 0) is 17.6 Å². The van der Waals surface area contributed by atoms with Crippen LogP contribution in [-0.4, -0.2) is 43.2 Å². The van der Waals surface area contributed by atoms with Crippen LogP contribution in [0.3, 0.4) is 0 Å². The Morgan fingerprint density at radius 3 is 2.30 bits per heavy atom. The van der Waals surface area contributed by atoms with E-state index in [1.165, 1.54) is 36.4 Å². The minimum absolute atomic E-state index is 0.0167. The van der Waals surface area contributed by atoms with E-state index in [4.69, 9.17) is 16.3 Å². The SMILES string of the molecule is CC(C)(C(=O)CCc1ccc(Cl)c(C(=O)Cc2ccc(OCC(F)F)c(C(=O)NCCC3CC3)c2)c1)C(F)(F)F. The maximum Gasteiger partial charge on any atom is 0.400 e. The van der Waals surface area contributed by atoms with Gasteiger partial charge in [0, 0.05) is 24.9 Å². The molecule has 3 rings (SSSR count). The predicted molar refractivity (Wildman–Crippen MR) is 140 cm³/mol. The van der Waals surface area contributed by atoms with E-state index in [2.05, 4.69) is 5.32 Å². The highest BCUT2D eigenvalue weighted by atomic mass is 35.5. The van der Waals surface area contributed by atoms with Gasteiger partial charge >= 0.3 is 6.18 Å². The van der Waals surface area contributed by atoms with Gasteiger partial charge in [0.05, 0.1) is 10.6 Å². The average molecular weight is 588 g/mol. The Hall–Kier alpha value is -3.01. The molecule has 0 heterocycles. The summed E-state index contributed by atoms with van der Waals surface area (Å²) in [7, 11) is 0. The molecule has 218 valence electrons. The molecule has 1 N–H and O–H groups in total. The molecule has 0 saturated heterocycles. The molecule has 1 aliphatic rings. The lowest BCUT2D eigenvalue weighted by Crippen LogP contribution is -2.39. The van der Waals surface area contributed by atoms with Gasteiger partial charge in [0.2, 0.25) is 0 Å². The van der Waals surface area contributed by atoms with E-state index < -0.39 is 42.1 Å². The Balaban J connectivity index is 1.74. The van der Waals surface area contributed by atoms with Crippen molar-refractivity contribution in [3.8, 4) is 5.75 Å². The zero-order chi connectivity index (χ0) is 29.7. The molecular weight excluding hydrogens is 557 g/mol. The lowest BCUT2D eigenvalue weighted by atomic mass is 9.84. The number of carbonyl (C=O) groups is 3. The molecule has 0 atom stereocenters. The van der Waals surface area contributed by atoms with Crippen LogP contribution < -0.4 is 10.1 Å². The minimum atomic E-state index is -4.68. The molecule has 40 heavy (non-hydrogen) atoms. The van der Waals surface area contributed by atoms with Gasteiger partial charge in [-0.05, 0) is 68.0 Å². The van der Waals surface area contributed by atoms with Crippen LogP contribution in [0.5, 0.6) is 5.75 Å². The Kier molecular flexibility index (Phi) is 10.3. The van der Waals surface area contributed by atoms with Gasteiger partial charge in [-0.1, -0.05) is 36.6 Å². The van der Waals surface area contributed by atoms with Crippen LogP contribution in [0.1, 0.15) is 71.4 Å². The van der Waals surface area contributed by atoms with Gasteiger partial charge in [-0.25, -0.2) is 8.78 Å². The van der Waals surface area contributed by atoms with Gasteiger partial charge in [-0.15, -0.1) is 0 Å². The third-order valence-corrected chi connectivity index (χ3v) is 7.26. The summed E-state index contributed by atoms with van der Waals surface area (Å²) in [6, 6.07) is 8.64. The maximum atomic E-state index is 13.2. The molecule has 1 saturated carbocycles. The fourth-order valence-corrected chi connectivity index (χ4v) is 4.21. The quantitative estimate of drug-likeness (QED) is 0.190. The summed E-state index contributed by atoms with van der Waals surface area (Å²) >= 11 is 6.23. The number of ether oxygens (including phenoxy) is 1. The van der Waals surface area contributed by atoms with Crippen molar-refractivity contribution in [3.63, 3.8) is 0 Å². The van der Waals surface area contributed by atoms with Crippen molar-refractivity contribution in [2.75, 3.05) is 13.2 Å². The van der Waals surface area contributed by atoms with E-state index in [0.29, 0.717) is 23.6 Å². The lowest BCUT2D eigenvalue weighted by molar-refractivity contribution is -0.210. The number of benzene rings is 2. The lowest BCUT2D eigenvalue weighted by Gasteiger charge is -2.26. The first-order valence-corrected chi connectivity index (χ1v) is 13.3. The Morgan fingerprint density at radius 2 is 1.68 bits per heavy atom. The summed E-state index contributed by atoms with van der Waals surface area (Å²) in [6.45, 7) is 1.19. The highest BCUT2D eigenvalue weighted by Gasteiger charge is 2.51. The van der Waals surface area contributed by atoms with Crippen LogP contribution in [0.15, 0.2) is 36.4 Å². The third kappa shape index (κ3) is 8.49. The van der Waals surface area contributed by atoms with E-state index in [1.807, 2.05) is 0 Å². The number of carbonyl (C=O) groups excluding carboxylic acids is 3. The predicted octanol–water partition coefficient (Wildman–Crippen LogP) is 7.03. The monoisotopic (exact) mass is 587 g/mol. The molecule has 2 aromatic carbocycles. The summed E-state index contributed by atoms with van der Waals surface area (Å²) < 4.78 is 70.1. The summed E-state index contributed by atoms with van der Waals surface area (Å²) in [4.78, 5) is 38.1. The summed E-state index contributed by atoms with van der Waals surface area (Å²) in [6.07, 6.45) is -4.97. The van der Waals surface area contributed by atoms with E-state index in [9.17, 15) is 36.3 Å². The first kappa shape index (κ1) is 31.5. The zero-order valence-electron chi connectivity index (χ0n) is 22.2. The number of hydrogen-bond acceptors (Lipinski definition) is 4. The second-order valence-electron chi connectivity index (χ2n) is 10.5.